The molecule has 1 rings (SSSR count). The van der Waals surface area contributed by atoms with Crippen molar-refractivity contribution in [3.63, 3.8) is 0 Å². The fourth-order valence-corrected chi connectivity index (χ4v) is 1.18. The number of carbonyl (C=O) groups excluding carboxylic acids is 1. The third kappa shape index (κ3) is 2.08. The predicted octanol–water partition coefficient (Wildman–Crippen LogP) is 0.742. The van der Waals surface area contributed by atoms with Gasteiger partial charge in [0.1, 0.15) is 0 Å². The molecule has 0 saturated heterocycles. The van der Waals surface area contributed by atoms with Crippen molar-refractivity contribution in [1.82, 2.24) is 5.32 Å². The van der Waals surface area contributed by atoms with Crippen molar-refractivity contribution < 1.29 is 4.79 Å². The van der Waals surface area contributed by atoms with Crippen molar-refractivity contribution >= 4 is 11.6 Å². The minimum absolute atomic E-state index is 0.0467. The third-order valence-electron chi connectivity index (χ3n) is 2.05. The van der Waals surface area contributed by atoms with Gasteiger partial charge in [0, 0.05) is 12.1 Å². The number of hydrogen-bond donors (Lipinski definition) is 3. The maximum absolute atomic E-state index is 11.0. The molecular formula is C9H15N3O. The SMILES string of the molecule is CC(C)C(=N)C1=C(N)CCC(=O)N1. The van der Waals surface area contributed by atoms with Crippen LogP contribution in [0.25, 0.3) is 0 Å². The molecule has 0 unspecified atom stereocenters. The lowest BCUT2D eigenvalue weighted by atomic mass is 10.00. The summed E-state index contributed by atoms with van der Waals surface area (Å²) in [5.41, 5.74) is 7.26. The molecule has 72 valence electrons. The van der Waals surface area contributed by atoms with Gasteiger partial charge >= 0.3 is 0 Å². The van der Waals surface area contributed by atoms with Gasteiger partial charge < -0.3 is 16.5 Å². The number of carbonyl (C=O) groups is 1. The van der Waals surface area contributed by atoms with Crippen molar-refractivity contribution in [2.75, 3.05) is 0 Å². The van der Waals surface area contributed by atoms with Gasteiger partial charge in [-0.1, -0.05) is 13.8 Å². The van der Waals surface area contributed by atoms with Crippen molar-refractivity contribution in [1.29, 1.82) is 5.41 Å². The molecule has 4 nitrogen and oxygen atoms in total. The summed E-state index contributed by atoms with van der Waals surface area (Å²) in [5.74, 6) is 0.0431. The Morgan fingerprint density at radius 1 is 1.54 bits per heavy atom. The zero-order valence-electron chi connectivity index (χ0n) is 7.98. The molecule has 0 atom stereocenters. The van der Waals surface area contributed by atoms with E-state index in [4.69, 9.17) is 11.1 Å². The Balaban J connectivity index is 2.88. The second kappa shape index (κ2) is 3.60. The molecule has 4 heteroatoms. The largest absolute Gasteiger partial charge is 0.400 e. The number of nitrogens with two attached hydrogens (primary N) is 1. The third-order valence-corrected chi connectivity index (χ3v) is 2.05. The average Bonchev–Trinajstić information content (AvgIpc) is 2.08. The van der Waals surface area contributed by atoms with Crippen LogP contribution in [0.5, 0.6) is 0 Å². The molecule has 0 bridgehead atoms. The van der Waals surface area contributed by atoms with Crippen LogP contribution in [-0.2, 0) is 4.79 Å². The van der Waals surface area contributed by atoms with Gasteiger partial charge in [-0.15, -0.1) is 0 Å². The van der Waals surface area contributed by atoms with Gasteiger partial charge in [0.25, 0.3) is 0 Å². The van der Waals surface area contributed by atoms with Gasteiger partial charge in [0.05, 0.1) is 11.4 Å². The molecule has 1 aliphatic heterocycles. The van der Waals surface area contributed by atoms with Crippen LogP contribution in [-0.4, -0.2) is 11.6 Å². The molecule has 0 saturated carbocycles. The predicted molar refractivity (Wildman–Crippen MR) is 51.2 cm³/mol. The van der Waals surface area contributed by atoms with Crippen LogP contribution in [0.3, 0.4) is 0 Å². The van der Waals surface area contributed by atoms with E-state index in [9.17, 15) is 4.79 Å². The van der Waals surface area contributed by atoms with Gasteiger partial charge in [-0.05, 0) is 12.3 Å². The van der Waals surface area contributed by atoms with Gasteiger partial charge in [-0.25, -0.2) is 0 Å². The number of allylic oxidation sites excluding steroid dienone is 2. The molecular weight excluding hydrogens is 166 g/mol. The topological polar surface area (TPSA) is 79.0 Å². The van der Waals surface area contributed by atoms with Crippen LogP contribution >= 0.6 is 0 Å². The highest BCUT2D eigenvalue weighted by atomic mass is 16.1. The quantitative estimate of drug-likeness (QED) is 0.549. The summed E-state index contributed by atoms with van der Waals surface area (Å²) in [6.45, 7) is 3.81. The highest BCUT2D eigenvalue weighted by Crippen LogP contribution is 2.14. The molecule has 0 aromatic rings. The Kier molecular flexibility index (Phi) is 2.70. The first-order chi connectivity index (χ1) is 6.02. The fraction of sp³-hybridized carbons (Fsp3) is 0.556. The number of hydrogen-bond acceptors (Lipinski definition) is 3. The van der Waals surface area contributed by atoms with Crippen LogP contribution < -0.4 is 11.1 Å². The molecule has 1 amide bonds. The zero-order valence-corrected chi connectivity index (χ0v) is 7.98. The Bertz CT molecular complexity index is 279. The fourth-order valence-electron chi connectivity index (χ4n) is 1.18. The van der Waals surface area contributed by atoms with E-state index >= 15 is 0 Å². The summed E-state index contributed by atoms with van der Waals surface area (Å²) in [4.78, 5) is 11.0. The summed E-state index contributed by atoms with van der Waals surface area (Å²) < 4.78 is 0. The van der Waals surface area contributed by atoms with E-state index < -0.39 is 0 Å². The monoisotopic (exact) mass is 181 g/mol. The van der Waals surface area contributed by atoms with Crippen molar-refractivity contribution in [3.8, 4) is 0 Å². The molecule has 0 aromatic heterocycles. The molecule has 1 aliphatic rings. The molecule has 1 heterocycles. The molecule has 0 fully saturated rings. The van der Waals surface area contributed by atoms with E-state index in [2.05, 4.69) is 5.32 Å². The van der Waals surface area contributed by atoms with E-state index in [-0.39, 0.29) is 11.8 Å². The van der Waals surface area contributed by atoms with Crippen LogP contribution in [0.15, 0.2) is 11.4 Å². The first-order valence-electron chi connectivity index (χ1n) is 4.39. The molecule has 0 radical (unpaired) electrons. The average molecular weight is 181 g/mol. The zero-order chi connectivity index (χ0) is 10.0. The van der Waals surface area contributed by atoms with Gasteiger partial charge in [0.2, 0.25) is 5.91 Å². The van der Waals surface area contributed by atoms with Gasteiger partial charge in [-0.3, -0.25) is 4.79 Å². The van der Waals surface area contributed by atoms with Crippen molar-refractivity contribution in [2.45, 2.75) is 26.7 Å². The molecule has 0 spiro atoms. The summed E-state index contributed by atoms with van der Waals surface area (Å²) >= 11 is 0. The van der Waals surface area contributed by atoms with Gasteiger partial charge in [0.15, 0.2) is 0 Å². The molecule has 13 heavy (non-hydrogen) atoms. The maximum Gasteiger partial charge on any atom is 0.224 e. The summed E-state index contributed by atoms with van der Waals surface area (Å²) in [5, 5.41) is 10.3. The Labute approximate surface area is 77.7 Å². The summed E-state index contributed by atoms with van der Waals surface area (Å²) in [6, 6.07) is 0. The molecule has 0 aliphatic carbocycles. The number of nitrogens with one attached hydrogen (secondary N) is 2. The van der Waals surface area contributed by atoms with Crippen LogP contribution in [0.2, 0.25) is 0 Å². The molecule has 0 aromatic carbocycles. The lowest BCUT2D eigenvalue weighted by molar-refractivity contribution is -0.120. The molecule has 4 N–H and O–H groups in total. The van der Waals surface area contributed by atoms with E-state index in [1.165, 1.54) is 0 Å². The van der Waals surface area contributed by atoms with Crippen LogP contribution in [0.4, 0.5) is 0 Å². The first kappa shape index (κ1) is 9.77. The Morgan fingerprint density at radius 3 is 2.69 bits per heavy atom. The van der Waals surface area contributed by atoms with Crippen LogP contribution in [0.1, 0.15) is 26.7 Å². The maximum atomic E-state index is 11.0. The first-order valence-corrected chi connectivity index (χ1v) is 4.39. The lowest BCUT2D eigenvalue weighted by Crippen LogP contribution is -2.35. The van der Waals surface area contributed by atoms with Crippen molar-refractivity contribution in [2.24, 2.45) is 11.7 Å². The van der Waals surface area contributed by atoms with E-state index in [0.29, 0.717) is 29.9 Å². The summed E-state index contributed by atoms with van der Waals surface area (Å²) in [7, 11) is 0. The minimum atomic E-state index is -0.0467. The van der Waals surface area contributed by atoms with Crippen LogP contribution in [0, 0.1) is 11.3 Å². The Hall–Kier alpha value is -1.32. The lowest BCUT2D eigenvalue weighted by Gasteiger charge is -2.20. The smallest absolute Gasteiger partial charge is 0.224 e. The number of rotatable bonds is 2. The van der Waals surface area contributed by atoms with E-state index in [0.717, 1.165) is 0 Å². The highest BCUT2D eigenvalue weighted by molar-refractivity contribution is 6.03. The van der Waals surface area contributed by atoms with Gasteiger partial charge in [-0.2, -0.15) is 0 Å². The Morgan fingerprint density at radius 2 is 2.15 bits per heavy atom. The summed E-state index contributed by atoms with van der Waals surface area (Å²) in [6.07, 6.45) is 0.997. The van der Waals surface area contributed by atoms with Crippen molar-refractivity contribution in [3.05, 3.63) is 11.4 Å². The second-order valence-corrected chi connectivity index (χ2v) is 3.52. The standard InChI is InChI=1S/C9H15N3O/c1-5(2)8(11)9-6(10)3-4-7(13)12-9/h5,11H,3-4,10H2,1-2H3,(H,12,13). The van der Waals surface area contributed by atoms with E-state index in [1.807, 2.05) is 13.8 Å². The second-order valence-electron chi connectivity index (χ2n) is 3.52. The van der Waals surface area contributed by atoms with E-state index in [1.54, 1.807) is 0 Å². The minimum Gasteiger partial charge on any atom is -0.400 e. The normalized spacial score (nSPS) is 17.6. The highest BCUT2D eigenvalue weighted by Gasteiger charge is 2.20. The number of amides is 1.